The second-order valence-corrected chi connectivity index (χ2v) is 5.78. The summed E-state index contributed by atoms with van der Waals surface area (Å²) in [6, 6.07) is 11.9. The summed E-state index contributed by atoms with van der Waals surface area (Å²) in [7, 11) is 1.58. The van der Waals surface area contributed by atoms with Crippen molar-refractivity contribution >= 4 is 34.2 Å². The normalized spacial score (nSPS) is 11.0. The van der Waals surface area contributed by atoms with Crippen LogP contribution in [-0.4, -0.2) is 13.7 Å². The minimum absolute atomic E-state index is 0.256. The van der Waals surface area contributed by atoms with Gasteiger partial charge in [0.25, 0.3) is 0 Å². The quantitative estimate of drug-likeness (QED) is 0.390. The summed E-state index contributed by atoms with van der Waals surface area (Å²) < 4.78 is 25.7. The molecule has 2 aromatic rings. The Balaban J connectivity index is 2.53. The molecule has 0 aliphatic carbocycles. The molecule has 0 aliphatic heterocycles. The zero-order chi connectivity index (χ0) is 16.8. The summed E-state index contributed by atoms with van der Waals surface area (Å²) in [6.45, 7) is 2.38. The van der Waals surface area contributed by atoms with Gasteiger partial charge in [-0.3, -0.25) is 0 Å². The lowest BCUT2D eigenvalue weighted by atomic mass is 10.0. The van der Waals surface area contributed by atoms with Crippen LogP contribution in [0.25, 0.3) is 11.6 Å². The van der Waals surface area contributed by atoms with Gasteiger partial charge in [0, 0.05) is 5.56 Å². The van der Waals surface area contributed by atoms with E-state index in [1.165, 1.54) is 6.07 Å². The van der Waals surface area contributed by atoms with Crippen molar-refractivity contribution in [2.75, 3.05) is 13.7 Å². The molecule has 0 unspecified atom stereocenters. The Morgan fingerprint density at radius 1 is 1.35 bits per heavy atom. The summed E-state index contributed by atoms with van der Waals surface area (Å²) in [6.07, 6.45) is 1.64. The fraction of sp³-hybridized carbons (Fsp3) is 0.167. The number of ether oxygens (including phenoxy) is 2. The lowest BCUT2D eigenvalue weighted by Gasteiger charge is -2.12. The minimum Gasteiger partial charge on any atom is -0.492 e. The van der Waals surface area contributed by atoms with Gasteiger partial charge in [-0.15, -0.1) is 0 Å². The third kappa shape index (κ3) is 4.02. The monoisotopic (exact) mass is 423 g/mol. The number of halogens is 2. The number of hydrogen-bond donors (Lipinski definition) is 0. The van der Waals surface area contributed by atoms with Crippen LogP contribution in [-0.2, 0) is 0 Å². The topological polar surface area (TPSA) is 42.2 Å². The molecular formula is C18H15FINO2. The average Bonchev–Trinajstić information content (AvgIpc) is 2.53. The van der Waals surface area contributed by atoms with E-state index >= 15 is 0 Å². The van der Waals surface area contributed by atoms with E-state index in [2.05, 4.69) is 28.7 Å². The van der Waals surface area contributed by atoms with Crippen LogP contribution in [0, 0.1) is 20.7 Å². The highest BCUT2D eigenvalue weighted by Gasteiger charge is 2.12. The van der Waals surface area contributed by atoms with Crippen LogP contribution in [0.15, 0.2) is 36.4 Å². The molecule has 118 valence electrons. The molecule has 0 fully saturated rings. The van der Waals surface area contributed by atoms with Gasteiger partial charge in [0.1, 0.15) is 5.82 Å². The van der Waals surface area contributed by atoms with Gasteiger partial charge >= 0.3 is 0 Å². The maximum Gasteiger partial charge on any atom is 0.174 e. The maximum atomic E-state index is 13.9. The molecule has 0 spiro atoms. The summed E-state index contributed by atoms with van der Waals surface area (Å²) in [5.41, 5.74) is 1.28. The molecule has 3 nitrogen and oxygen atoms in total. The van der Waals surface area contributed by atoms with Gasteiger partial charge < -0.3 is 9.47 Å². The van der Waals surface area contributed by atoms with E-state index in [1.54, 1.807) is 37.5 Å². The second kappa shape index (κ2) is 7.97. The second-order valence-electron chi connectivity index (χ2n) is 4.62. The molecule has 5 heteroatoms. The van der Waals surface area contributed by atoms with Gasteiger partial charge in [0.2, 0.25) is 0 Å². The Bertz CT molecular complexity index is 781. The Labute approximate surface area is 148 Å². The van der Waals surface area contributed by atoms with Crippen LogP contribution in [0.3, 0.4) is 0 Å². The molecule has 2 rings (SSSR count). The van der Waals surface area contributed by atoms with E-state index in [4.69, 9.17) is 9.47 Å². The first-order chi connectivity index (χ1) is 11.1. The summed E-state index contributed by atoms with van der Waals surface area (Å²) in [5, 5.41) is 9.37. The first-order valence-electron chi connectivity index (χ1n) is 6.97. The van der Waals surface area contributed by atoms with Crippen molar-refractivity contribution in [2.24, 2.45) is 0 Å². The predicted molar refractivity (Wildman–Crippen MR) is 96.8 cm³/mol. The van der Waals surface area contributed by atoms with E-state index in [-0.39, 0.29) is 11.1 Å². The highest BCUT2D eigenvalue weighted by molar-refractivity contribution is 14.1. The van der Waals surface area contributed by atoms with Crippen LogP contribution in [0.4, 0.5) is 4.39 Å². The molecule has 0 N–H and O–H groups in total. The summed E-state index contributed by atoms with van der Waals surface area (Å²) in [4.78, 5) is 0. The molecule has 23 heavy (non-hydrogen) atoms. The number of hydrogen-bond acceptors (Lipinski definition) is 3. The van der Waals surface area contributed by atoms with Crippen LogP contribution >= 0.6 is 22.6 Å². The van der Waals surface area contributed by atoms with Crippen molar-refractivity contribution in [3.63, 3.8) is 0 Å². The van der Waals surface area contributed by atoms with Crippen LogP contribution in [0.2, 0.25) is 0 Å². The molecule has 0 aromatic heterocycles. The molecular weight excluding hydrogens is 408 g/mol. The Morgan fingerprint density at radius 2 is 2.09 bits per heavy atom. The number of nitriles is 1. The first kappa shape index (κ1) is 17.3. The van der Waals surface area contributed by atoms with Crippen molar-refractivity contribution in [3.05, 3.63) is 56.9 Å². The zero-order valence-electron chi connectivity index (χ0n) is 12.8. The van der Waals surface area contributed by atoms with E-state index < -0.39 is 5.82 Å². The van der Waals surface area contributed by atoms with Gasteiger partial charge in [0.15, 0.2) is 11.5 Å². The Kier molecular flexibility index (Phi) is 5.99. The molecule has 0 amide bonds. The van der Waals surface area contributed by atoms with E-state index in [1.807, 2.05) is 13.0 Å². The van der Waals surface area contributed by atoms with Crippen molar-refractivity contribution in [3.8, 4) is 17.6 Å². The highest BCUT2D eigenvalue weighted by atomic mass is 127. The van der Waals surface area contributed by atoms with Crippen LogP contribution in [0.5, 0.6) is 11.5 Å². The molecule has 0 atom stereocenters. The zero-order valence-corrected chi connectivity index (χ0v) is 14.9. The van der Waals surface area contributed by atoms with Gasteiger partial charge in [-0.1, -0.05) is 18.2 Å². The van der Waals surface area contributed by atoms with Crippen molar-refractivity contribution < 1.29 is 13.9 Å². The third-order valence-corrected chi connectivity index (χ3v) is 3.93. The number of rotatable bonds is 5. The molecule has 2 aromatic carbocycles. The minimum atomic E-state index is -0.423. The molecule has 0 aliphatic rings. The smallest absolute Gasteiger partial charge is 0.174 e. The molecule has 0 radical (unpaired) electrons. The largest absolute Gasteiger partial charge is 0.492 e. The highest BCUT2D eigenvalue weighted by Crippen LogP contribution is 2.35. The average molecular weight is 423 g/mol. The van der Waals surface area contributed by atoms with Crippen molar-refractivity contribution in [1.82, 2.24) is 0 Å². The van der Waals surface area contributed by atoms with Gasteiger partial charge in [-0.25, -0.2) is 4.39 Å². The van der Waals surface area contributed by atoms with E-state index in [0.29, 0.717) is 18.1 Å². The SMILES string of the molecule is CCOc1cc(/C=C(/C#N)c2ccccc2F)cc(I)c1OC. The summed E-state index contributed by atoms with van der Waals surface area (Å²) >= 11 is 2.14. The molecule has 0 heterocycles. The number of nitrogens with zero attached hydrogens (tertiary/aromatic N) is 1. The fourth-order valence-corrected chi connectivity index (χ4v) is 2.99. The van der Waals surface area contributed by atoms with Gasteiger partial charge in [-0.2, -0.15) is 5.26 Å². The molecule has 0 bridgehead atoms. The Morgan fingerprint density at radius 3 is 2.70 bits per heavy atom. The van der Waals surface area contributed by atoms with Gasteiger partial charge in [0.05, 0.1) is 28.9 Å². The first-order valence-corrected chi connectivity index (χ1v) is 8.05. The number of allylic oxidation sites excluding steroid dienone is 1. The van der Waals surface area contributed by atoms with E-state index in [0.717, 1.165) is 9.13 Å². The van der Waals surface area contributed by atoms with Gasteiger partial charge in [-0.05, 0) is 59.4 Å². The van der Waals surface area contributed by atoms with Crippen molar-refractivity contribution in [1.29, 1.82) is 5.26 Å². The number of benzene rings is 2. The molecule has 0 saturated heterocycles. The van der Waals surface area contributed by atoms with Crippen molar-refractivity contribution in [2.45, 2.75) is 6.92 Å². The third-order valence-electron chi connectivity index (χ3n) is 3.13. The maximum absolute atomic E-state index is 13.9. The summed E-state index contributed by atoms with van der Waals surface area (Å²) in [5.74, 6) is 0.821. The van der Waals surface area contributed by atoms with Crippen LogP contribution < -0.4 is 9.47 Å². The van der Waals surface area contributed by atoms with E-state index in [9.17, 15) is 9.65 Å². The number of methoxy groups -OCH3 is 1. The standard InChI is InChI=1S/C18H15FINO2/c1-3-23-17-10-12(9-16(20)18(17)22-2)8-13(11-21)14-6-4-5-7-15(14)19/h4-10H,3H2,1-2H3/b13-8-. The molecule has 0 saturated carbocycles. The lowest BCUT2D eigenvalue weighted by molar-refractivity contribution is 0.309. The Hall–Kier alpha value is -2.07. The van der Waals surface area contributed by atoms with Crippen LogP contribution in [0.1, 0.15) is 18.1 Å². The predicted octanol–water partition coefficient (Wildman–Crippen LogP) is 4.90. The fourth-order valence-electron chi connectivity index (χ4n) is 2.15. The lowest BCUT2D eigenvalue weighted by Crippen LogP contribution is -1.98.